The lowest BCUT2D eigenvalue weighted by Gasteiger charge is -2.17. The van der Waals surface area contributed by atoms with E-state index in [2.05, 4.69) is 13.5 Å². The summed E-state index contributed by atoms with van der Waals surface area (Å²) in [6.45, 7) is 5.93. The Bertz CT molecular complexity index is 138. The predicted octanol–water partition coefficient (Wildman–Crippen LogP) is 2.18. The molecule has 0 amide bonds. The molecule has 1 rings (SSSR count). The Hall–Kier alpha value is 0.0500. The van der Waals surface area contributed by atoms with Gasteiger partial charge in [0, 0.05) is 11.3 Å². The molecule has 0 aliphatic carbocycles. The van der Waals surface area contributed by atoms with E-state index in [1.807, 2.05) is 11.8 Å². The fourth-order valence-corrected chi connectivity index (χ4v) is 2.79. The van der Waals surface area contributed by atoms with Crippen molar-refractivity contribution in [1.29, 1.82) is 0 Å². The van der Waals surface area contributed by atoms with Crippen LogP contribution >= 0.6 is 11.8 Å². The van der Waals surface area contributed by atoms with E-state index in [0.29, 0.717) is 11.3 Å². The van der Waals surface area contributed by atoms with Crippen LogP contribution in [0.2, 0.25) is 0 Å². The lowest BCUT2D eigenvalue weighted by molar-refractivity contribution is 0.607. The van der Waals surface area contributed by atoms with Gasteiger partial charge in [0.2, 0.25) is 0 Å². The molecule has 0 bridgehead atoms. The Morgan fingerprint density at radius 2 is 2.55 bits per heavy atom. The highest BCUT2D eigenvalue weighted by Gasteiger charge is 2.21. The zero-order valence-corrected chi connectivity index (χ0v) is 7.99. The van der Waals surface area contributed by atoms with Gasteiger partial charge in [-0.3, -0.25) is 0 Å². The molecular formula is C9H17NS. The first-order chi connectivity index (χ1) is 5.20. The molecule has 2 unspecified atom stereocenters. The molecule has 1 saturated heterocycles. The van der Waals surface area contributed by atoms with Crippen LogP contribution in [0.5, 0.6) is 0 Å². The molecule has 1 heterocycles. The summed E-state index contributed by atoms with van der Waals surface area (Å²) in [6, 6.07) is 0.347. The third-order valence-corrected chi connectivity index (χ3v) is 3.56. The molecule has 1 aliphatic heterocycles. The van der Waals surface area contributed by atoms with Crippen molar-refractivity contribution in [3.63, 3.8) is 0 Å². The lowest BCUT2D eigenvalue weighted by atomic mass is 10.0. The van der Waals surface area contributed by atoms with Gasteiger partial charge >= 0.3 is 0 Å². The zero-order valence-electron chi connectivity index (χ0n) is 7.18. The highest BCUT2D eigenvalue weighted by molar-refractivity contribution is 8.00. The highest BCUT2D eigenvalue weighted by atomic mass is 32.2. The second-order valence-electron chi connectivity index (χ2n) is 3.38. The minimum Gasteiger partial charge on any atom is -0.326 e. The van der Waals surface area contributed by atoms with E-state index in [9.17, 15) is 0 Å². The number of rotatable bonds is 3. The van der Waals surface area contributed by atoms with Gasteiger partial charge in [-0.2, -0.15) is 11.8 Å². The summed E-state index contributed by atoms with van der Waals surface area (Å²) in [4.78, 5) is 0. The fraction of sp³-hybridized carbons (Fsp3) is 0.778. The van der Waals surface area contributed by atoms with E-state index in [1.54, 1.807) is 0 Å². The molecular weight excluding hydrogens is 154 g/mol. The molecule has 0 aromatic heterocycles. The minimum absolute atomic E-state index is 0.347. The number of hydrogen-bond donors (Lipinski definition) is 1. The van der Waals surface area contributed by atoms with Gasteiger partial charge in [0.15, 0.2) is 0 Å². The largest absolute Gasteiger partial charge is 0.326 e. The molecule has 2 heteroatoms. The summed E-state index contributed by atoms with van der Waals surface area (Å²) < 4.78 is 0. The van der Waals surface area contributed by atoms with Crippen LogP contribution in [0.25, 0.3) is 0 Å². The standard InChI is InChI=1S/C9H17NS/c1-7(2)6-8(10)9-4-3-5-11-9/h8-9H,1,3-6,10H2,2H3. The number of hydrogen-bond acceptors (Lipinski definition) is 2. The van der Waals surface area contributed by atoms with Gasteiger partial charge in [-0.25, -0.2) is 0 Å². The summed E-state index contributed by atoms with van der Waals surface area (Å²) in [7, 11) is 0. The summed E-state index contributed by atoms with van der Waals surface area (Å²) in [5.74, 6) is 1.30. The van der Waals surface area contributed by atoms with Crippen LogP contribution in [0, 0.1) is 0 Å². The van der Waals surface area contributed by atoms with Gasteiger partial charge < -0.3 is 5.73 Å². The van der Waals surface area contributed by atoms with E-state index in [0.717, 1.165) is 6.42 Å². The Balaban J connectivity index is 2.28. The summed E-state index contributed by atoms with van der Waals surface area (Å²) in [6.07, 6.45) is 3.65. The molecule has 1 nitrogen and oxygen atoms in total. The summed E-state index contributed by atoms with van der Waals surface area (Å²) in [5.41, 5.74) is 7.21. The van der Waals surface area contributed by atoms with Gasteiger partial charge in [-0.15, -0.1) is 6.58 Å². The topological polar surface area (TPSA) is 26.0 Å². The Morgan fingerprint density at radius 3 is 3.00 bits per heavy atom. The van der Waals surface area contributed by atoms with Crippen molar-refractivity contribution >= 4 is 11.8 Å². The molecule has 2 atom stereocenters. The maximum absolute atomic E-state index is 6.00. The smallest absolute Gasteiger partial charge is 0.0202 e. The molecule has 0 aromatic rings. The summed E-state index contributed by atoms with van der Waals surface area (Å²) in [5, 5.41) is 0.701. The van der Waals surface area contributed by atoms with E-state index < -0.39 is 0 Å². The van der Waals surface area contributed by atoms with Gasteiger partial charge in [0.1, 0.15) is 0 Å². The molecule has 64 valence electrons. The maximum Gasteiger partial charge on any atom is 0.0202 e. The maximum atomic E-state index is 6.00. The molecule has 0 spiro atoms. The molecule has 0 saturated carbocycles. The van der Waals surface area contributed by atoms with Crippen LogP contribution in [0.15, 0.2) is 12.2 Å². The van der Waals surface area contributed by atoms with Crippen molar-refractivity contribution in [2.75, 3.05) is 5.75 Å². The first-order valence-electron chi connectivity index (χ1n) is 4.21. The SMILES string of the molecule is C=C(C)CC(N)C1CCCS1. The zero-order chi connectivity index (χ0) is 8.27. The second-order valence-corrected chi connectivity index (χ2v) is 4.72. The van der Waals surface area contributed by atoms with Crippen LogP contribution in [0.4, 0.5) is 0 Å². The molecule has 0 radical (unpaired) electrons. The van der Waals surface area contributed by atoms with Crippen molar-refractivity contribution in [2.24, 2.45) is 5.73 Å². The van der Waals surface area contributed by atoms with Crippen molar-refractivity contribution in [3.05, 3.63) is 12.2 Å². The lowest BCUT2D eigenvalue weighted by Crippen LogP contribution is -2.30. The normalized spacial score (nSPS) is 26.9. The second kappa shape index (κ2) is 4.17. The predicted molar refractivity (Wildman–Crippen MR) is 52.9 cm³/mol. The van der Waals surface area contributed by atoms with Crippen molar-refractivity contribution < 1.29 is 0 Å². The highest BCUT2D eigenvalue weighted by Crippen LogP contribution is 2.29. The quantitative estimate of drug-likeness (QED) is 0.659. The molecule has 1 fully saturated rings. The van der Waals surface area contributed by atoms with Crippen LogP contribution in [-0.2, 0) is 0 Å². The molecule has 0 aromatic carbocycles. The van der Waals surface area contributed by atoms with E-state index >= 15 is 0 Å². The van der Waals surface area contributed by atoms with E-state index in [-0.39, 0.29) is 0 Å². The minimum atomic E-state index is 0.347. The van der Waals surface area contributed by atoms with Gasteiger partial charge in [0.05, 0.1) is 0 Å². The molecule has 11 heavy (non-hydrogen) atoms. The van der Waals surface area contributed by atoms with E-state index in [1.165, 1.54) is 24.2 Å². The van der Waals surface area contributed by atoms with Crippen molar-refractivity contribution in [2.45, 2.75) is 37.5 Å². The molecule has 1 aliphatic rings. The Morgan fingerprint density at radius 1 is 1.82 bits per heavy atom. The fourth-order valence-electron chi connectivity index (χ4n) is 1.47. The van der Waals surface area contributed by atoms with Crippen LogP contribution in [0.3, 0.4) is 0 Å². The van der Waals surface area contributed by atoms with Crippen LogP contribution in [-0.4, -0.2) is 17.0 Å². The Kier molecular flexibility index (Phi) is 3.46. The van der Waals surface area contributed by atoms with Gasteiger partial charge in [-0.05, 0) is 31.9 Å². The van der Waals surface area contributed by atoms with Crippen LogP contribution in [0.1, 0.15) is 26.2 Å². The average Bonchev–Trinajstić information content (AvgIpc) is 2.35. The monoisotopic (exact) mass is 171 g/mol. The van der Waals surface area contributed by atoms with E-state index in [4.69, 9.17) is 5.73 Å². The third-order valence-electron chi connectivity index (χ3n) is 2.03. The van der Waals surface area contributed by atoms with Crippen molar-refractivity contribution in [3.8, 4) is 0 Å². The molecule has 2 N–H and O–H groups in total. The first-order valence-corrected chi connectivity index (χ1v) is 5.26. The Labute approximate surface area is 73.4 Å². The van der Waals surface area contributed by atoms with Gasteiger partial charge in [-0.1, -0.05) is 5.57 Å². The number of nitrogens with two attached hydrogens (primary N) is 1. The van der Waals surface area contributed by atoms with Gasteiger partial charge in [0.25, 0.3) is 0 Å². The van der Waals surface area contributed by atoms with Crippen LogP contribution < -0.4 is 5.73 Å². The average molecular weight is 171 g/mol. The van der Waals surface area contributed by atoms with Crippen molar-refractivity contribution in [1.82, 2.24) is 0 Å². The number of thioether (sulfide) groups is 1. The first kappa shape index (κ1) is 9.14. The summed E-state index contributed by atoms with van der Waals surface area (Å²) >= 11 is 2.03. The third kappa shape index (κ3) is 2.88.